The van der Waals surface area contributed by atoms with Crippen molar-refractivity contribution in [3.8, 4) is 0 Å². The number of cyclic esters (lactones) is 1. The molecule has 2 aromatic carbocycles. The number of ether oxygens (including phenoxy) is 1. The van der Waals surface area contributed by atoms with Gasteiger partial charge in [-0.05, 0) is 17.5 Å². The van der Waals surface area contributed by atoms with Gasteiger partial charge in [-0.15, -0.1) is 0 Å². The van der Waals surface area contributed by atoms with E-state index < -0.39 is 6.09 Å². The van der Waals surface area contributed by atoms with Crippen molar-refractivity contribution in [1.29, 1.82) is 0 Å². The van der Waals surface area contributed by atoms with Crippen LogP contribution < -0.4 is 5.32 Å². The molecule has 0 unspecified atom stereocenters. The molecule has 5 heteroatoms. The average molecular weight is 341 g/mol. The summed E-state index contributed by atoms with van der Waals surface area (Å²) in [6, 6.07) is 19.5. The van der Waals surface area contributed by atoms with Crippen molar-refractivity contribution in [2.75, 3.05) is 6.61 Å². The first-order valence-corrected chi connectivity index (χ1v) is 8.89. The molecule has 0 radical (unpaired) electrons. The molecule has 0 saturated carbocycles. The van der Waals surface area contributed by atoms with E-state index in [1.807, 2.05) is 60.7 Å². The maximum atomic E-state index is 12.8. The van der Waals surface area contributed by atoms with Crippen LogP contribution in [0.3, 0.4) is 0 Å². The van der Waals surface area contributed by atoms with Crippen LogP contribution in [-0.2, 0) is 21.7 Å². The third-order valence-electron chi connectivity index (χ3n) is 4.01. The van der Waals surface area contributed by atoms with Gasteiger partial charge in [-0.25, -0.2) is 4.79 Å². The third-order valence-corrected chi connectivity index (χ3v) is 5.07. The number of thioether (sulfide) groups is 1. The molecule has 0 spiro atoms. The van der Waals surface area contributed by atoms with Crippen LogP contribution in [0, 0.1) is 5.92 Å². The lowest BCUT2D eigenvalue weighted by atomic mass is 9.94. The second kappa shape index (κ2) is 8.02. The van der Waals surface area contributed by atoms with E-state index in [-0.39, 0.29) is 23.7 Å². The number of hydrogen-bond acceptors (Lipinski definition) is 4. The molecular weight excluding hydrogens is 322 g/mol. The highest BCUT2D eigenvalue weighted by molar-refractivity contribution is 8.13. The Balaban J connectivity index is 1.68. The van der Waals surface area contributed by atoms with E-state index in [1.165, 1.54) is 11.8 Å². The van der Waals surface area contributed by atoms with Crippen LogP contribution in [0.4, 0.5) is 4.79 Å². The molecule has 1 heterocycles. The Morgan fingerprint density at radius 3 is 2.29 bits per heavy atom. The molecule has 1 saturated heterocycles. The standard InChI is InChI=1S/C19H19NO3S/c21-18(24-13-15-9-5-2-6-10-15)16(17-12-23-19(22)20-17)11-14-7-3-1-4-8-14/h1-10,16-17H,11-13H2,(H,20,22)/t16-,17+/m1/s1. The zero-order valence-corrected chi connectivity index (χ0v) is 14.0. The zero-order chi connectivity index (χ0) is 16.8. The van der Waals surface area contributed by atoms with Gasteiger partial charge in [-0.3, -0.25) is 4.79 Å². The summed E-state index contributed by atoms with van der Waals surface area (Å²) in [4.78, 5) is 24.1. The molecule has 4 nitrogen and oxygen atoms in total. The Morgan fingerprint density at radius 1 is 1.08 bits per heavy atom. The van der Waals surface area contributed by atoms with Gasteiger partial charge in [0.15, 0.2) is 5.12 Å². The molecule has 0 bridgehead atoms. The van der Waals surface area contributed by atoms with Crippen LogP contribution in [0.5, 0.6) is 0 Å². The van der Waals surface area contributed by atoms with E-state index in [2.05, 4.69) is 5.32 Å². The lowest BCUT2D eigenvalue weighted by Gasteiger charge is -2.20. The van der Waals surface area contributed by atoms with E-state index in [9.17, 15) is 9.59 Å². The lowest BCUT2D eigenvalue weighted by Crippen LogP contribution is -2.39. The summed E-state index contributed by atoms with van der Waals surface area (Å²) in [5, 5.41) is 2.84. The smallest absolute Gasteiger partial charge is 0.407 e. The minimum atomic E-state index is -0.445. The molecule has 0 aromatic heterocycles. The SMILES string of the molecule is O=C1N[C@H]([C@@H](Cc2ccccc2)C(=O)SCc2ccccc2)CO1. The lowest BCUT2D eigenvalue weighted by molar-refractivity contribution is -0.115. The summed E-state index contributed by atoms with van der Waals surface area (Å²) in [5.74, 6) is 0.333. The maximum absolute atomic E-state index is 12.8. The number of nitrogens with one attached hydrogen (secondary N) is 1. The van der Waals surface area contributed by atoms with Crippen molar-refractivity contribution in [2.45, 2.75) is 18.2 Å². The monoisotopic (exact) mass is 341 g/mol. The Kier molecular flexibility index (Phi) is 5.54. The summed E-state index contributed by atoms with van der Waals surface area (Å²) >= 11 is 1.30. The molecule has 1 fully saturated rings. The van der Waals surface area contributed by atoms with Crippen LogP contribution in [-0.4, -0.2) is 23.9 Å². The highest BCUT2D eigenvalue weighted by Gasteiger charge is 2.35. The Morgan fingerprint density at radius 2 is 1.71 bits per heavy atom. The first-order chi connectivity index (χ1) is 11.7. The summed E-state index contributed by atoms with van der Waals surface area (Å²) in [7, 11) is 0. The number of carbonyl (C=O) groups excluding carboxylic acids is 2. The van der Waals surface area contributed by atoms with Gasteiger partial charge in [0.1, 0.15) is 6.61 Å². The number of hydrogen-bond donors (Lipinski definition) is 1. The van der Waals surface area contributed by atoms with Gasteiger partial charge in [-0.2, -0.15) is 0 Å². The molecule has 2 atom stereocenters. The van der Waals surface area contributed by atoms with Crippen LogP contribution in [0.15, 0.2) is 60.7 Å². The van der Waals surface area contributed by atoms with E-state index >= 15 is 0 Å². The molecule has 1 amide bonds. The molecule has 24 heavy (non-hydrogen) atoms. The van der Waals surface area contributed by atoms with Crippen LogP contribution in [0.2, 0.25) is 0 Å². The van der Waals surface area contributed by atoms with Crippen molar-refractivity contribution in [2.24, 2.45) is 5.92 Å². The molecule has 1 aliphatic heterocycles. The summed E-state index contributed by atoms with van der Waals surface area (Å²) in [6.07, 6.45) is 0.148. The summed E-state index contributed by atoms with van der Waals surface area (Å²) in [6.45, 7) is 0.244. The van der Waals surface area contributed by atoms with Gasteiger partial charge in [0.25, 0.3) is 0 Å². The van der Waals surface area contributed by atoms with Gasteiger partial charge in [0, 0.05) is 5.75 Å². The second-order valence-corrected chi connectivity index (χ2v) is 6.72. The molecule has 3 rings (SSSR count). The zero-order valence-electron chi connectivity index (χ0n) is 13.2. The first-order valence-electron chi connectivity index (χ1n) is 7.90. The average Bonchev–Trinajstić information content (AvgIpc) is 3.05. The number of alkyl carbamates (subject to hydrolysis) is 1. The van der Waals surface area contributed by atoms with Gasteiger partial charge < -0.3 is 10.1 Å². The van der Waals surface area contributed by atoms with Crippen molar-refractivity contribution < 1.29 is 14.3 Å². The van der Waals surface area contributed by atoms with Gasteiger partial charge in [0.2, 0.25) is 0 Å². The quantitative estimate of drug-likeness (QED) is 0.875. The second-order valence-electron chi connectivity index (χ2n) is 5.74. The summed E-state index contributed by atoms with van der Waals surface area (Å²) in [5.41, 5.74) is 2.19. The molecule has 2 aromatic rings. The number of carbonyl (C=O) groups is 2. The van der Waals surface area contributed by atoms with E-state index in [1.54, 1.807) is 0 Å². The minimum absolute atomic E-state index is 0.0820. The maximum Gasteiger partial charge on any atom is 0.407 e. The highest BCUT2D eigenvalue weighted by Crippen LogP contribution is 2.24. The predicted molar refractivity (Wildman–Crippen MR) is 94.7 cm³/mol. The fourth-order valence-corrected chi connectivity index (χ4v) is 3.67. The Bertz CT molecular complexity index is 690. The topological polar surface area (TPSA) is 55.4 Å². The Hall–Kier alpha value is -2.27. The van der Waals surface area contributed by atoms with Gasteiger partial charge in [-0.1, -0.05) is 72.4 Å². The van der Waals surface area contributed by atoms with Crippen molar-refractivity contribution >= 4 is 23.0 Å². The van der Waals surface area contributed by atoms with Crippen LogP contribution >= 0.6 is 11.8 Å². The number of rotatable bonds is 6. The Labute approximate surface area is 145 Å². The van der Waals surface area contributed by atoms with E-state index in [0.29, 0.717) is 12.2 Å². The molecule has 124 valence electrons. The predicted octanol–water partition coefficient (Wildman–Crippen LogP) is 3.41. The molecule has 1 N–H and O–H groups in total. The minimum Gasteiger partial charge on any atom is -0.447 e. The van der Waals surface area contributed by atoms with Crippen molar-refractivity contribution in [3.05, 3.63) is 71.8 Å². The third kappa shape index (κ3) is 4.38. The van der Waals surface area contributed by atoms with Crippen molar-refractivity contribution in [1.82, 2.24) is 5.32 Å². The van der Waals surface area contributed by atoms with Crippen LogP contribution in [0.25, 0.3) is 0 Å². The van der Waals surface area contributed by atoms with E-state index in [0.717, 1.165) is 11.1 Å². The van der Waals surface area contributed by atoms with Crippen molar-refractivity contribution in [3.63, 3.8) is 0 Å². The fourth-order valence-electron chi connectivity index (χ4n) is 2.71. The van der Waals surface area contributed by atoms with Gasteiger partial charge in [0.05, 0.1) is 12.0 Å². The molecular formula is C19H19NO3S. The van der Waals surface area contributed by atoms with Crippen LogP contribution in [0.1, 0.15) is 11.1 Å². The van der Waals surface area contributed by atoms with E-state index in [4.69, 9.17) is 4.74 Å². The number of benzene rings is 2. The molecule has 0 aliphatic carbocycles. The molecule has 1 aliphatic rings. The normalized spacial score (nSPS) is 17.8. The fraction of sp³-hybridized carbons (Fsp3) is 0.263. The number of amides is 1. The first kappa shape index (κ1) is 16.6. The highest BCUT2D eigenvalue weighted by atomic mass is 32.2. The van der Waals surface area contributed by atoms with Gasteiger partial charge >= 0.3 is 6.09 Å². The largest absolute Gasteiger partial charge is 0.447 e. The summed E-state index contributed by atoms with van der Waals surface area (Å²) < 4.78 is 4.99.